The lowest BCUT2D eigenvalue weighted by Gasteiger charge is -2.20. The number of nitrogens with zero attached hydrogens (tertiary/aromatic N) is 1. The summed E-state index contributed by atoms with van der Waals surface area (Å²) in [6, 6.07) is 6.44. The molecule has 18 heavy (non-hydrogen) atoms. The van der Waals surface area contributed by atoms with Gasteiger partial charge in [-0.25, -0.2) is 0 Å². The molecule has 100 valence electrons. The van der Waals surface area contributed by atoms with Gasteiger partial charge < -0.3 is 10.2 Å². The first-order valence-electron chi connectivity index (χ1n) is 6.86. The van der Waals surface area contributed by atoms with Crippen LogP contribution in [-0.4, -0.2) is 19.6 Å². The summed E-state index contributed by atoms with van der Waals surface area (Å²) in [4.78, 5) is 2.41. The molecular formula is C15H23ClN2. The van der Waals surface area contributed by atoms with Gasteiger partial charge in [-0.15, -0.1) is 0 Å². The van der Waals surface area contributed by atoms with Crippen molar-refractivity contribution in [3.63, 3.8) is 0 Å². The number of hydrogen-bond acceptors (Lipinski definition) is 2. The van der Waals surface area contributed by atoms with E-state index in [4.69, 9.17) is 11.6 Å². The van der Waals surface area contributed by atoms with Crippen molar-refractivity contribution in [2.45, 2.75) is 27.3 Å². The highest BCUT2D eigenvalue weighted by atomic mass is 35.5. The van der Waals surface area contributed by atoms with Gasteiger partial charge in [0.25, 0.3) is 0 Å². The quantitative estimate of drug-likeness (QED) is 0.897. The number of rotatable bonds is 4. The third kappa shape index (κ3) is 2.99. The molecule has 2 nitrogen and oxygen atoms in total. The summed E-state index contributed by atoms with van der Waals surface area (Å²) in [6.45, 7) is 10.9. The van der Waals surface area contributed by atoms with Crippen LogP contribution < -0.4 is 10.2 Å². The van der Waals surface area contributed by atoms with E-state index in [-0.39, 0.29) is 0 Å². The number of halogens is 1. The average molecular weight is 267 g/mol. The number of anilines is 1. The maximum Gasteiger partial charge on any atom is 0.0642 e. The Labute approximate surface area is 115 Å². The fourth-order valence-corrected chi connectivity index (χ4v) is 2.84. The van der Waals surface area contributed by atoms with Crippen molar-refractivity contribution in [2.75, 3.05) is 24.5 Å². The zero-order valence-electron chi connectivity index (χ0n) is 11.5. The highest BCUT2D eigenvalue weighted by Crippen LogP contribution is 2.33. The Morgan fingerprint density at radius 1 is 1.28 bits per heavy atom. The molecule has 0 aliphatic carbocycles. The average Bonchev–Trinajstić information content (AvgIpc) is 2.67. The molecule has 1 fully saturated rings. The molecule has 1 aliphatic heterocycles. The van der Waals surface area contributed by atoms with Crippen LogP contribution in [0.3, 0.4) is 0 Å². The first kappa shape index (κ1) is 13.7. The van der Waals surface area contributed by atoms with Crippen molar-refractivity contribution in [3.05, 3.63) is 28.8 Å². The van der Waals surface area contributed by atoms with Crippen LogP contribution >= 0.6 is 11.6 Å². The third-order valence-corrected chi connectivity index (χ3v) is 4.22. The molecule has 1 aromatic rings. The molecule has 0 saturated carbocycles. The Morgan fingerprint density at radius 2 is 1.94 bits per heavy atom. The van der Waals surface area contributed by atoms with Crippen LogP contribution in [0, 0.1) is 11.8 Å². The van der Waals surface area contributed by atoms with E-state index in [0.29, 0.717) is 0 Å². The van der Waals surface area contributed by atoms with E-state index in [9.17, 15) is 0 Å². The SMILES string of the molecule is CCNCc1ccc(N2CC(C)C(C)C2)c(Cl)c1. The van der Waals surface area contributed by atoms with Crippen molar-refractivity contribution >= 4 is 17.3 Å². The Kier molecular flexibility index (Phi) is 4.52. The van der Waals surface area contributed by atoms with Crippen molar-refractivity contribution in [1.82, 2.24) is 5.32 Å². The van der Waals surface area contributed by atoms with Crippen LogP contribution in [-0.2, 0) is 6.54 Å². The summed E-state index contributed by atoms with van der Waals surface area (Å²) in [5.74, 6) is 1.50. The lowest BCUT2D eigenvalue weighted by Crippen LogP contribution is -2.20. The highest BCUT2D eigenvalue weighted by Gasteiger charge is 2.27. The van der Waals surface area contributed by atoms with E-state index in [1.807, 2.05) is 0 Å². The van der Waals surface area contributed by atoms with Crippen molar-refractivity contribution in [2.24, 2.45) is 11.8 Å². The molecule has 0 amide bonds. The van der Waals surface area contributed by atoms with E-state index in [1.165, 1.54) is 11.3 Å². The third-order valence-electron chi connectivity index (χ3n) is 3.92. The van der Waals surface area contributed by atoms with Gasteiger partial charge in [0.2, 0.25) is 0 Å². The fraction of sp³-hybridized carbons (Fsp3) is 0.600. The summed E-state index contributed by atoms with van der Waals surface area (Å²) >= 11 is 6.41. The minimum Gasteiger partial charge on any atom is -0.370 e. The van der Waals surface area contributed by atoms with Crippen LogP contribution in [0.25, 0.3) is 0 Å². The zero-order chi connectivity index (χ0) is 13.1. The molecule has 0 spiro atoms. The second-order valence-electron chi connectivity index (χ2n) is 5.43. The molecule has 1 heterocycles. The van der Waals surface area contributed by atoms with Gasteiger partial charge in [0.15, 0.2) is 0 Å². The second-order valence-corrected chi connectivity index (χ2v) is 5.83. The van der Waals surface area contributed by atoms with Gasteiger partial charge in [0.1, 0.15) is 0 Å². The maximum absolute atomic E-state index is 6.41. The number of hydrogen-bond donors (Lipinski definition) is 1. The minimum absolute atomic E-state index is 0.752. The number of benzene rings is 1. The van der Waals surface area contributed by atoms with E-state index in [0.717, 1.165) is 43.0 Å². The molecule has 1 aliphatic rings. The maximum atomic E-state index is 6.41. The van der Waals surface area contributed by atoms with Crippen LogP contribution in [0.1, 0.15) is 26.3 Å². The Balaban J connectivity index is 2.10. The predicted octanol–water partition coefficient (Wildman–Crippen LogP) is 3.54. The van der Waals surface area contributed by atoms with Gasteiger partial charge in [-0.2, -0.15) is 0 Å². The summed E-state index contributed by atoms with van der Waals surface area (Å²) in [7, 11) is 0. The predicted molar refractivity (Wildman–Crippen MR) is 79.4 cm³/mol. The monoisotopic (exact) mass is 266 g/mol. The molecule has 2 unspecified atom stereocenters. The topological polar surface area (TPSA) is 15.3 Å². The van der Waals surface area contributed by atoms with Gasteiger partial charge in [0, 0.05) is 19.6 Å². The molecule has 0 aromatic heterocycles. The molecular weight excluding hydrogens is 244 g/mol. The van der Waals surface area contributed by atoms with Crippen LogP contribution in [0.15, 0.2) is 18.2 Å². The van der Waals surface area contributed by atoms with E-state index in [1.54, 1.807) is 0 Å². The summed E-state index contributed by atoms with van der Waals surface area (Å²) in [5.41, 5.74) is 2.44. The molecule has 0 radical (unpaired) electrons. The van der Waals surface area contributed by atoms with Crippen molar-refractivity contribution < 1.29 is 0 Å². The fourth-order valence-electron chi connectivity index (χ4n) is 2.51. The molecule has 1 N–H and O–H groups in total. The molecule has 0 bridgehead atoms. The Morgan fingerprint density at radius 3 is 2.50 bits per heavy atom. The molecule has 3 heteroatoms. The molecule has 2 rings (SSSR count). The number of nitrogens with one attached hydrogen (secondary N) is 1. The van der Waals surface area contributed by atoms with Crippen molar-refractivity contribution in [3.8, 4) is 0 Å². The first-order valence-corrected chi connectivity index (χ1v) is 7.23. The second kappa shape index (κ2) is 5.94. The van der Waals surface area contributed by atoms with E-state index >= 15 is 0 Å². The Bertz CT molecular complexity index is 395. The molecule has 1 saturated heterocycles. The molecule has 2 atom stereocenters. The van der Waals surface area contributed by atoms with Gasteiger partial charge in [0.05, 0.1) is 10.7 Å². The van der Waals surface area contributed by atoms with Crippen LogP contribution in [0.4, 0.5) is 5.69 Å². The lowest BCUT2D eigenvalue weighted by atomic mass is 10.0. The summed E-state index contributed by atoms with van der Waals surface area (Å²) in [5, 5.41) is 4.20. The standard InChI is InChI=1S/C15H23ClN2/c1-4-17-8-13-5-6-15(14(16)7-13)18-9-11(2)12(3)10-18/h5-7,11-12,17H,4,8-10H2,1-3H3. The van der Waals surface area contributed by atoms with Crippen LogP contribution in [0.5, 0.6) is 0 Å². The first-order chi connectivity index (χ1) is 8.61. The Hall–Kier alpha value is -0.730. The van der Waals surface area contributed by atoms with E-state index in [2.05, 4.69) is 49.2 Å². The summed E-state index contributed by atoms with van der Waals surface area (Å²) < 4.78 is 0. The highest BCUT2D eigenvalue weighted by molar-refractivity contribution is 6.33. The van der Waals surface area contributed by atoms with Gasteiger partial charge in [-0.05, 0) is 36.1 Å². The summed E-state index contributed by atoms with van der Waals surface area (Å²) in [6.07, 6.45) is 0. The van der Waals surface area contributed by atoms with Crippen LogP contribution in [0.2, 0.25) is 5.02 Å². The normalized spacial score (nSPS) is 23.7. The smallest absolute Gasteiger partial charge is 0.0642 e. The van der Waals surface area contributed by atoms with Gasteiger partial charge >= 0.3 is 0 Å². The van der Waals surface area contributed by atoms with Gasteiger partial charge in [-0.3, -0.25) is 0 Å². The van der Waals surface area contributed by atoms with E-state index < -0.39 is 0 Å². The van der Waals surface area contributed by atoms with Gasteiger partial charge in [-0.1, -0.05) is 38.4 Å². The largest absolute Gasteiger partial charge is 0.370 e. The zero-order valence-corrected chi connectivity index (χ0v) is 12.3. The minimum atomic E-state index is 0.752. The lowest BCUT2D eigenvalue weighted by molar-refractivity contribution is 0.494. The molecule has 1 aromatic carbocycles. The van der Waals surface area contributed by atoms with Crippen molar-refractivity contribution in [1.29, 1.82) is 0 Å².